The lowest BCUT2D eigenvalue weighted by atomic mass is 9.91. The standard InChI is InChI=1S/C19H25N3.HI/c1-19(2,3)22-18(20)21-14-17(15-10-6-4-7-11-15)16-12-8-5-9-13-16;/h4-13,17H,14H2,1-3H3,(H3,20,21,22);1H. The summed E-state index contributed by atoms with van der Waals surface area (Å²) < 4.78 is 0. The predicted molar refractivity (Wildman–Crippen MR) is 110 cm³/mol. The van der Waals surface area contributed by atoms with E-state index in [0.717, 1.165) is 0 Å². The second kappa shape index (κ2) is 8.91. The van der Waals surface area contributed by atoms with Crippen molar-refractivity contribution in [2.75, 3.05) is 6.54 Å². The summed E-state index contributed by atoms with van der Waals surface area (Å²) in [6, 6.07) is 20.9. The van der Waals surface area contributed by atoms with Gasteiger partial charge in [0, 0.05) is 11.5 Å². The van der Waals surface area contributed by atoms with Gasteiger partial charge in [-0.3, -0.25) is 4.99 Å². The van der Waals surface area contributed by atoms with Gasteiger partial charge >= 0.3 is 0 Å². The maximum Gasteiger partial charge on any atom is 0.189 e. The van der Waals surface area contributed by atoms with Crippen molar-refractivity contribution in [3.63, 3.8) is 0 Å². The number of benzene rings is 2. The molecule has 0 bridgehead atoms. The van der Waals surface area contributed by atoms with Gasteiger partial charge in [0.05, 0.1) is 6.54 Å². The van der Waals surface area contributed by atoms with Crippen LogP contribution in [0, 0.1) is 0 Å². The fourth-order valence-corrected chi connectivity index (χ4v) is 2.39. The molecule has 0 aliphatic rings. The van der Waals surface area contributed by atoms with Crippen LogP contribution in [0.25, 0.3) is 0 Å². The highest BCUT2D eigenvalue weighted by Crippen LogP contribution is 2.24. The first kappa shape index (κ1) is 19.5. The maximum atomic E-state index is 6.00. The Kier molecular flexibility index (Phi) is 7.55. The van der Waals surface area contributed by atoms with Gasteiger partial charge in [0.15, 0.2) is 5.96 Å². The van der Waals surface area contributed by atoms with Crippen LogP contribution in [-0.2, 0) is 0 Å². The van der Waals surface area contributed by atoms with E-state index in [0.29, 0.717) is 12.5 Å². The van der Waals surface area contributed by atoms with Crippen LogP contribution in [0.1, 0.15) is 37.8 Å². The lowest BCUT2D eigenvalue weighted by Crippen LogP contribution is -2.45. The average Bonchev–Trinajstić information content (AvgIpc) is 2.48. The average molecular weight is 423 g/mol. The van der Waals surface area contributed by atoms with Gasteiger partial charge in [0.1, 0.15) is 0 Å². The fraction of sp³-hybridized carbons (Fsp3) is 0.316. The van der Waals surface area contributed by atoms with Crippen molar-refractivity contribution in [2.45, 2.75) is 32.2 Å². The summed E-state index contributed by atoms with van der Waals surface area (Å²) in [5, 5.41) is 3.21. The molecule has 0 amide bonds. The highest BCUT2D eigenvalue weighted by Gasteiger charge is 2.14. The van der Waals surface area contributed by atoms with E-state index < -0.39 is 0 Å². The molecule has 3 N–H and O–H groups in total. The molecule has 0 aromatic heterocycles. The number of rotatable bonds is 4. The van der Waals surface area contributed by atoms with E-state index >= 15 is 0 Å². The first-order valence-electron chi connectivity index (χ1n) is 7.64. The number of hydrogen-bond acceptors (Lipinski definition) is 1. The van der Waals surface area contributed by atoms with Crippen molar-refractivity contribution >= 4 is 29.9 Å². The third kappa shape index (κ3) is 6.60. The number of hydrogen-bond donors (Lipinski definition) is 2. The zero-order chi connectivity index (χ0) is 16.0. The molecule has 0 unspecified atom stereocenters. The Morgan fingerprint density at radius 2 is 1.39 bits per heavy atom. The first-order chi connectivity index (χ1) is 10.5. The van der Waals surface area contributed by atoms with Gasteiger partial charge in [0.25, 0.3) is 0 Å². The SMILES string of the molecule is CC(C)(C)NC(N)=NCC(c1ccccc1)c1ccccc1.I. The number of aliphatic imine (C=N–C) groups is 1. The minimum absolute atomic E-state index is 0. The number of nitrogens with one attached hydrogen (secondary N) is 1. The fourth-order valence-electron chi connectivity index (χ4n) is 2.39. The van der Waals surface area contributed by atoms with Crippen LogP contribution >= 0.6 is 24.0 Å². The van der Waals surface area contributed by atoms with Crippen LogP contribution < -0.4 is 11.1 Å². The molecular formula is C19H26IN3. The minimum atomic E-state index is -0.0808. The van der Waals surface area contributed by atoms with Gasteiger partial charge in [-0.25, -0.2) is 0 Å². The quantitative estimate of drug-likeness (QED) is 0.441. The Morgan fingerprint density at radius 3 is 1.78 bits per heavy atom. The van der Waals surface area contributed by atoms with Crippen molar-refractivity contribution in [2.24, 2.45) is 10.7 Å². The topological polar surface area (TPSA) is 50.4 Å². The summed E-state index contributed by atoms with van der Waals surface area (Å²) in [6.45, 7) is 6.84. The van der Waals surface area contributed by atoms with Gasteiger partial charge < -0.3 is 11.1 Å². The maximum absolute atomic E-state index is 6.00. The Morgan fingerprint density at radius 1 is 0.957 bits per heavy atom. The molecule has 2 aromatic rings. The van der Waals surface area contributed by atoms with Gasteiger partial charge in [-0.2, -0.15) is 0 Å². The molecule has 2 aromatic carbocycles. The van der Waals surface area contributed by atoms with E-state index in [1.54, 1.807) is 0 Å². The van der Waals surface area contributed by atoms with Crippen molar-refractivity contribution in [3.05, 3.63) is 71.8 Å². The smallest absolute Gasteiger partial charge is 0.189 e. The highest BCUT2D eigenvalue weighted by atomic mass is 127. The van der Waals surface area contributed by atoms with Crippen molar-refractivity contribution in [1.82, 2.24) is 5.32 Å². The first-order valence-corrected chi connectivity index (χ1v) is 7.64. The molecule has 0 radical (unpaired) electrons. The molecule has 23 heavy (non-hydrogen) atoms. The van der Waals surface area contributed by atoms with Crippen molar-refractivity contribution < 1.29 is 0 Å². The zero-order valence-corrected chi connectivity index (χ0v) is 16.3. The molecule has 4 heteroatoms. The lowest BCUT2D eigenvalue weighted by molar-refractivity contribution is 0.508. The van der Waals surface area contributed by atoms with Crippen molar-refractivity contribution in [3.8, 4) is 0 Å². The molecule has 3 nitrogen and oxygen atoms in total. The zero-order valence-electron chi connectivity index (χ0n) is 14.0. The number of guanidine groups is 1. The Labute approximate surface area is 156 Å². The van der Waals surface area contributed by atoms with Crippen LogP contribution in [0.15, 0.2) is 65.7 Å². The second-order valence-corrected chi connectivity index (χ2v) is 6.47. The van der Waals surface area contributed by atoms with Crippen molar-refractivity contribution in [1.29, 1.82) is 0 Å². The van der Waals surface area contributed by atoms with Crippen LogP contribution in [0.2, 0.25) is 0 Å². The van der Waals surface area contributed by atoms with Gasteiger partial charge in [-0.1, -0.05) is 60.7 Å². The summed E-state index contributed by atoms with van der Waals surface area (Å²) in [5.41, 5.74) is 8.42. The van der Waals surface area contributed by atoms with E-state index in [1.807, 2.05) is 12.1 Å². The van der Waals surface area contributed by atoms with E-state index in [-0.39, 0.29) is 35.4 Å². The highest BCUT2D eigenvalue weighted by molar-refractivity contribution is 14.0. The molecule has 124 valence electrons. The van der Waals surface area contributed by atoms with Gasteiger partial charge in [-0.15, -0.1) is 24.0 Å². The normalized spacial score (nSPS) is 11.9. The number of nitrogens with two attached hydrogens (primary N) is 1. The Balaban J connectivity index is 0.00000264. The Hall–Kier alpha value is -1.56. The molecule has 0 spiro atoms. The molecule has 0 heterocycles. The summed E-state index contributed by atoms with van der Waals surface area (Å²) in [7, 11) is 0. The summed E-state index contributed by atoms with van der Waals surface area (Å²) in [6.07, 6.45) is 0. The summed E-state index contributed by atoms with van der Waals surface area (Å²) in [5.74, 6) is 0.701. The van der Waals surface area contributed by atoms with E-state index in [1.165, 1.54) is 11.1 Å². The minimum Gasteiger partial charge on any atom is -0.370 e. The van der Waals surface area contributed by atoms with E-state index in [2.05, 4.69) is 79.6 Å². The third-order valence-corrected chi connectivity index (χ3v) is 3.35. The lowest BCUT2D eigenvalue weighted by Gasteiger charge is -2.22. The Bertz CT molecular complexity index is 564. The molecule has 0 saturated heterocycles. The molecule has 0 fully saturated rings. The molecule has 0 atom stereocenters. The molecular weight excluding hydrogens is 397 g/mol. The third-order valence-electron chi connectivity index (χ3n) is 3.35. The van der Waals surface area contributed by atoms with Crippen LogP contribution in [0.5, 0.6) is 0 Å². The molecule has 0 aliphatic heterocycles. The summed E-state index contributed by atoms with van der Waals surface area (Å²) >= 11 is 0. The molecule has 0 saturated carbocycles. The predicted octanol–water partition coefficient (Wildman–Crippen LogP) is 4.14. The van der Waals surface area contributed by atoms with Crippen LogP contribution in [0.4, 0.5) is 0 Å². The summed E-state index contributed by atoms with van der Waals surface area (Å²) in [4.78, 5) is 4.55. The van der Waals surface area contributed by atoms with E-state index in [4.69, 9.17) is 5.73 Å². The van der Waals surface area contributed by atoms with Crippen LogP contribution in [0.3, 0.4) is 0 Å². The molecule has 0 aliphatic carbocycles. The molecule has 2 rings (SSSR count). The number of halogens is 1. The number of nitrogens with zero attached hydrogens (tertiary/aromatic N) is 1. The van der Waals surface area contributed by atoms with E-state index in [9.17, 15) is 0 Å². The van der Waals surface area contributed by atoms with Crippen LogP contribution in [-0.4, -0.2) is 18.0 Å². The second-order valence-electron chi connectivity index (χ2n) is 6.47. The van der Waals surface area contributed by atoms with Gasteiger partial charge in [0.2, 0.25) is 0 Å². The van der Waals surface area contributed by atoms with Gasteiger partial charge in [-0.05, 0) is 31.9 Å². The monoisotopic (exact) mass is 423 g/mol. The largest absolute Gasteiger partial charge is 0.370 e.